The van der Waals surface area contributed by atoms with Gasteiger partial charge >= 0.3 is 43.7 Å². The predicted octanol–water partition coefficient (Wildman–Crippen LogP) is -1.15. The monoisotopic (exact) mass is 284 g/mol. The van der Waals surface area contributed by atoms with Gasteiger partial charge in [-0.25, -0.2) is 4.79 Å². The number of rotatable bonds is 1. The van der Waals surface area contributed by atoms with Gasteiger partial charge in [-0.15, -0.1) is 0 Å². The fourth-order valence-electron chi connectivity index (χ4n) is 1.40. The first-order valence-corrected chi connectivity index (χ1v) is 4.13. The van der Waals surface area contributed by atoms with Crippen LogP contribution >= 0.6 is 0 Å². The van der Waals surface area contributed by atoms with E-state index < -0.39 is 5.97 Å². The third-order valence-corrected chi connectivity index (χ3v) is 2.09. The average molecular weight is 284 g/mol. The molecule has 0 fully saturated rings. The second-order valence-corrected chi connectivity index (χ2v) is 3.02. The number of phenols is 1. The summed E-state index contributed by atoms with van der Waals surface area (Å²) in [6.07, 6.45) is 0. The van der Waals surface area contributed by atoms with Crippen molar-refractivity contribution in [1.82, 2.24) is 0 Å². The van der Waals surface area contributed by atoms with E-state index in [1.165, 1.54) is 12.1 Å². The number of carbonyl (C=O) groups is 1. The molecule has 0 atom stereocenters. The molecular formula is C11H16CaO6. The molecule has 2 rings (SSSR count). The summed E-state index contributed by atoms with van der Waals surface area (Å²) >= 11 is 0. The molecule has 98 valence electrons. The molecule has 0 bridgehead atoms. The van der Waals surface area contributed by atoms with E-state index in [0.29, 0.717) is 0 Å². The van der Waals surface area contributed by atoms with Gasteiger partial charge in [0.25, 0.3) is 0 Å². The van der Waals surface area contributed by atoms with Gasteiger partial charge in [-0.2, -0.15) is 0 Å². The first-order chi connectivity index (χ1) is 6.68. The van der Waals surface area contributed by atoms with Crippen LogP contribution in [0.25, 0.3) is 10.8 Å². The van der Waals surface area contributed by atoms with E-state index >= 15 is 0 Å². The zero-order chi connectivity index (χ0) is 10.1. The molecule has 0 radical (unpaired) electrons. The van der Waals surface area contributed by atoms with Crippen molar-refractivity contribution in [3.63, 3.8) is 0 Å². The zero-order valence-electron chi connectivity index (χ0n) is 8.77. The van der Waals surface area contributed by atoms with E-state index in [1.54, 1.807) is 6.07 Å². The molecule has 0 spiro atoms. The van der Waals surface area contributed by atoms with Crippen molar-refractivity contribution in [3.05, 3.63) is 42.0 Å². The molecule has 0 amide bonds. The van der Waals surface area contributed by atoms with E-state index in [2.05, 4.69) is 0 Å². The minimum absolute atomic E-state index is 0. The van der Waals surface area contributed by atoms with Gasteiger partial charge in [0, 0.05) is 0 Å². The van der Waals surface area contributed by atoms with Crippen LogP contribution in [-0.2, 0) is 0 Å². The van der Waals surface area contributed by atoms with Crippen LogP contribution in [-0.4, -0.2) is 70.3 Å². The Morgan fingerprint density at radius 1 is 0.944 bits per heavy atom. The van der Waals surface area contributed by atoms with E-state index in [1.807, 2.05) is 18.2 Å². The summed E-state index contributed by atoms with van der Waals surface area (Å²) in [5, 5.41) is 19.8. The molecular weight excluding hydrogens is 268 g/mol. The molecule has 0 saturated carbocycles. The molecule has 0 aliphatic carbocycles. The second kappa shape index (κ2) is 9.09. The summed E-state index contributed by atoms with van der Waals surface area (Å²) in [4.78, 5) is 10.7. The van der Waals surface area contributed by atoms with Crippen LogP contribution < -0.4 is 0 Å². The van der Waals surface area contributed by atoms with Crippen LogP contribution in [0.1, 0.15) is 10.4 Å². The molecule has 0 saturated heterocycles. The van der Waals surface area contributed by atoms with Crippen molar-refractivity contribution in [1.29, 1.82) is 0 Å². The number of fused-ring (bicyclic) bond motifs is 1. The Bertz CT molecular complexity index is 514. The topological polar surface area (TPSA) is 152 Å². The van der Waals surface area contributed by atoms with Gasteiger partial charge in [0.1, 0.15) is 11.3 Å². The van der Waals surface area contributed by atoms with Gasteiger partial charge in [0.15, 0.2) is 0 Å². The molecule has 0 aliphatic rings. The van der Waals surface area contributed by atoms with Crippen molar-refractivity contribution in [2.24, 2.45) is 0 Å². The van der Waals surface area contributed by atoms with Crippen molar-refractivity contribution in [2.45, 2.75) is 0 Å². The summed E-state index contributed by atoms with van der Waals surface area (Å²) < 4.78 is 0. The van der Waals surface area contributed by atoms with E-state index in [-0.39, 0.29) is 65.5 Å². The van der Waals surface area contributed by atoms with Crippen LogP contribution in [0.5, 0.6) is 5.75 Å². The first kappa shape index (κ1) is 22.3. The molecule has 2 aromatic carbocycles. The molecule has 0 heterocycles. The quantitative estimate of drug-likeness (QED) is 0.636. The third kappa shape index (κ3) is 4.41. The Kier molecular flexibility index (Phi) is 11.3. The van der Waals surface area contributed by atoms with E-state index in [4.69, 9.17) is 5.11 Å². The van der Waals surface area contributed by atoms with Crippen molar-refractivity contribution >= 4 is 54.5 Å². The minimum atomic E-state index is -1.12. The Morgan fingerprint density at radius 3 is 1.83 bits per heavy atom. The summed E-state index contributed by atoms with van der Waals surface area (Å²) in [7, 11) is 0. The molecule has 18 heavy (non-hydrogen) atoms. The van der Waals surface area contributed by atoms with Crippen LogP contribution in [0.2, 0.25) is 0 Å². The Morgan fingerprint density at radius 2 is 1.39 bits per heavy atom. The van der Waals surface area contributed by atoms with E-state index in [0.717, 1.165) is 10.8 Å². The number of aromatic carboxylic acids is 1. The molecule has 0 aliphatic heterocycles. The van der Waals surface area contributed by atoms with Crippen molar-refractivity contribution in [2.75, 3.05) is 0 Å². The fraction of sp³-hybridized carbons (Fsp3) is 0. The average Bonchev–Trinajstić information content (AvgIpc) is 2.16. The maximum atomic E-state index is 10.7. The first-order valence-electron chi connectivity index (χ1n) is 4.13. The van der Waals surface area contributed by atoms with Gasteiger partial charge in [-0.3, -0.25) is 0 Å². The van der Waals surface area contributed by atoms with Crippen LogP contribution in [0, 0.1) is 0 Å². The molecule has 2 aromatic rings. The number of hydrogen-bond acceptors (Lipinski definition) is 2. The summed E-state index contributed by atoms with van der Waals surface area (Å²) in [5.74, 6) is -1.32. The summed E-state index contributed by atoms with van der Waals surface area (Å²) in [6, 6.07) is 10.2. The zero-order valence-corrected chi connectivity index (χ0v) is 8.77. The van der Waals surface area contributed by atoms with E-state index in [9.17, 15) is 9.90 Å². The Hall–Kier alpha value is -0.890. The molecule has 6 nitrogen and oxygen atoms in total. The number of benzene rings is 2. The third-order valence-electron chi connectivity index (χ3n) is 2.09. The number of carboxylic acids is 1. The van der Waals surface area contributed by atoms with Gasteiger partial charge in [-0.1, -0.05) is 24.3 Å². The molecule has 7 heteroatoms. The van der Waals surface area contributed by atoms with Gasteiger partial charge in [0.05, 0.1) is 0 Å². The van der Waals surface area contributed by atoms with Crippen molar-refractivity contribution < 1.29 is 31.4 Å². The normalized spacial score (nSPS) is 8.00. The number of aromatic hydroxyl groups is 1. The Balaban J connectivity index is -0.000000562. The summed E-state index contributed by atoms with van der Waals surface area (Å²) in [5.41, 5.74) is -0.0660. The van der Waals surface area contributed by atoms with Crippen LogP contribution in [0.15, 0.2) is 36.4 Å². The SMILES string of the molecule is O.O.O.O=C(O)c1cc2ccccc2cc1O.[CaH2]. The number of carboxylic acid groups (broad SMARTS) is 1. The second-order valence-electron chi connectivity index (χ2n) is 3.02. The maximum absolute atomic E-state index is 10.7. The summed E-state index contributed by atoms with van der Waals surface area (Å²) in [6.45, 7) is 0. The van der Waals surface area contributed by atoms with Crippen molar-refractivity contribution in [3.8, 4) is 5.75 Å². The van der Waals surface area contributed by atoms with Gasteiger partial charge in [0.2, 0.25) is 0 Å². The molecule has 8 N–H and O–H groups in total. The van der Waals surface area contributed by atoms with Gasteiger partial charge in [-0.05, 0) is 22.9 Å². The van der Waals surface area contributed by atoms with Crippen LogP contribution in [0.3, 0.4) is 0 Å². The fourth-order valence-corrected chi connectivity index (χ4v) is 1.40. The van der Waals surface area contributed by atoms with Gasteiger partial charge < -0.3 is 26.6 Å². The van der Waals surface area contributed by atoms with Crippen LogP contribution in [0.4, 0.5) is 0 Å². The molecule has 0 aromatic heterocycles. The standard InChI is InChI=1S/C11H8O3.Ca.3H2O.2H/c12-10-6-8-4-2-1-3-7(8)5-9(10)11(13)14;;;;;;/h1-6,12H,(H,13,14);;3*1H2;;. The predicted molar refractivity (Wildman–Crippen MR) is 72.0 cm³/mol. The Labute approximate surface area is 133 Å². The number of hydrogen-bond donors (Lipinski definition) is 2. The molecule has 0 unspecified atom stereocenters.